The molecule has 4 aromatic rings. The Hall–Kier alpha value is -4.43. The predicted molar refractivity (Wildman–Crippen MR) is 193 cm³/mol. The molecule has 1 heterocycles. The summed E-state index contributed by atoms with van der Waals surface area (Å²) in [6, 6.07) is 28.0. The summed E-state index contributed by atoms with van der Waals surface area (Å²) in [5, 5.41) is 9.08. The summed E-state index contributed by atoms with van der Waals surface area (Å²) < 4.78 is 51.0. The second-order valence-electron chi connectivity index (χ2n) is 11.5. The summed E-state index contributed by atoms with van der Waals surface area (Å²) in [5.74, 6) is 1.23. The van der Waals surface area contributed by atoms with E-state index in [0.29, 0.717) is 54.4 Å². The standard InChI is InChI=1S/C37H40BrN3O8S/c1-46-31-17-18-33(47-2)28(25-31)19-21-39-41-36(43)37(20-24-50(44,45)32-7-4-3-5-8-32)34(26-9-13-29(38)14-10-26)49-35(40-37)27-11-15-30(16-12-27)48-23-6-22-42/h3-5,7-18,25,34,39,42H,6,19-24H2,1-2H3,(H,41,43)/t34-,37-/m0/s1. The number of methoxy groups -OCH3 is 2. The van der Waals surface area contributed by atoms with Gasteiger partial charge in [0.25, 0.3) is 5.91 Å². The zero-order valence-corrected chi connectivity index (χ0v) is 30.2. The first-order chi connectivity index (χ1) is 24.2. The Morgan fingerprint density at radius 3 is 2.36 bits per heavy atom. The SMILES string of the molecule is COc1ccc(OC)c(CCNNC(=O)[C@@]2(CCS(=O)(=O)c3ccccc3)N=C(c3ccc(OCCCO)cc3)O[C@H]2c2ccc(Br)cc2)c1. The number of amides is 1. The summed E-state index contributed by atoms with van der Waals surface area (Å²) >= 11 is 3.47. The van der Waals surface area contributed by atoms with E-state index in [1.807, 2.05) is 36.4 Å². The zero-order chi connectivity index (χ0) is 35.6. The number of aliphatic imine (C=N–C) groups is 1. The lowest BCUT2D eigenvalue weighted by Crippen LogP contribution is -2.53. The van der Waals surface area contributed by atoms with E-state index in [1.54, 1.807) is 62.8 Å². The smallest absolute Gasteiger partial charge is 0.266 e. The van der Waals surface area contributed by atoms with Crippen LogP contribution in [0.15, 0.2) is 111 Å². The molecule has 4 aromatic carbocycles. The number of rotatable bonds is 17. The third-order valence-corrected chi connectivity index (χ3v) is 10.5. The summed E-state index contributed by atoms with van der Waals surface area (Å²) in [4.78, 5) is 19.5. The Morgan fingerprint density at radius 2 is 1.68 bits per heavy atom. The fourth-order valence-corrected chi connectivity index (χ4v) is 7.22. The van der Waals surface area contributed by atoms with E-state index in [0.717, 1.165) is 10.0 Å². The van der Waals surface area contributed by atoms with E-state index < -0.39 is 27.4 Å². The van der Waals surface area contributed by atoms with E-state index in [-0.39, 0.29) is 29.6 Å². The molecule has 3 N–H and O–H groups in total. The number of benzene rings is 4. The Bertz CT molecular complexity index is 1870. The normalized spacial score (nSPS) is 17.0. The van der Waals surface area contributed by atoms with Gasteiger partial charge in [0, 0.05) is 36.0 Å². The number of carbonyl (C=O) groups is 1. The maximum Gasteiger partial charge on any atom is 0.266 e. The molecule has 1 aliphatic heterocycles. The van der Waals surface area contributed by atoms with E-state index in [2.05, 4.69) is 26.8 Å². The molecule has 1 amide bonds. The molecule has 0 fully saturated rings. The molecule has 0 aromatic heterocycles. The van der Waals surface area contributed by atoms with E-state index in [4.69, 9.17) is 29.0 Å². The van der Waals surface area contributed by atoms with Crippen molar-refractivity contribution in [2.24, 2.45) is 4.99 Å². The van der Waals surface area contributed by atoms with Gasteiger partial charge in [-0.2, -0.15) is 0 Å². The van der Waals surface area contributed by atoms with E-state index >= 15 is 0 Å². The van der Waals surface area contributed by atoms with Gasteiger partial charge in [0.05, 0.1) is 31.5 Å². The van der Waals surface area contributed by atoms with Crippen LogP contribution in [0.2, 0.25) is 0 Å². The summed E-state index contributed by atoms with van der Waals surface area (Å²) in [6.07, 6.45) is -0.146. The van der Waals surface area contributed by atoms with Crippen LogP contribution in [0, 0.1) is 0 Å². The highest BCUT2D eigenvalue weighted by Crippen LogP contribution is 2.43. The lowest BCUT2D eigenvalue weighted by Gasteiger charge is -2.30. The van der Waals surface area contributed by atoms with Gasteiger partial charge >= 0.3 is 0 Å². The minimum atomic E-state index is -3.80. The van der Waals surface area contributed by atoms with Gasteiger partial charge in [0.2, 0.25) is 5.90 Å². The first kappa shape index (κ1) is 36.8. The number of nitrogens with one attached hydrogen (secondary N) is 2. The lowest BCUT2D eigenvalue weighted by molar-refractivity contribution is -0.130. The number of aliphatic hydroxyl groups excluding tert-OH is 1. The summed E-state index contributed by atoms with van der Waals surface area (Å²) in [7, 11) is -0.626. The van der Waals surface area contributed by atoms with Crippen molar-refractivity contribution in [2.75, 3.05) is 39.7 Å². The highest BCUT2D eigenvalue weighted by molar-refractivity contribution is 9.10. The Labute approximate surface area is 300 Å². The average molecular weight is 767 g/mol. The molecule has 2 atom stereocenters. The van der Waals surface area contributed by atoms with Gasteiger partial charge in [-0.25, -0.2) is 18.8 Å². The maximum atomic E-state index is 14.4. The fourth-order valence-electron chi connectivity index (χ4n) is 5.57. The minimum absolute atomic E-state index is 0.0222. The van der Waals surface area contributed by atoms with Gasteiger partial charge in [0.15, 0.2) is 21.5 Å². The van der Waals surface area contributed by atoms with Crippen molar-refractivity contribution in [1.82, 2.24) is 10.9 Å². The van der Waals surface area contributed by atoms with Crippen molar-refractivity contribution in [2.45, 2.75) is 35.8 Å². The molecule has 1 aliphatic rings. The van der Waals surface area contributed by atoms with Crippen LogP contribution in [-0.4, -0.2) is 70.6 Å². The molecule has 11 nitrogen and oxygen atoms in total. The number of nitrogens with zero attached hydrogens (tertiary/aromatic N) is 1. The van der Waals surface area contributed by atoms with Crippen LogP contribution in [0.3, 0.4) is 0 Å². The molecule has 0 saturated carbocycles. The van der Waals surface area contributed by atoms with Crippen molar-refractivity contribution >= 4 is 37.6 Å². The van der Waals surface area contributed by atoms with Crippen LogP contribution in [0.5, 0.6) is 17.2 Å². The zero-order valence-electron chi connectivity index (χ0n) is 27.8. The van der Waals surface area contributed by atoms with E-state index in [1.165, 1.54) is 12.1 Å². The van der Waals surface area contributed by atoms with Crippen molar-refractivity contribution in [3.63, 3.8) is 0 Å². The van der Waals surface area contributed by atoms with Gasteiger partial charge in [-0.1, -0.05) is 46.3 Å². The molecular formula is C37H40BrN3O8S. The quantitative estimate of drug-likeness (QED) is 0.0975. The predicted octanol–water partition coefficient (Wildman–Crippen LogP) is 5.21. The average Bonchev–Trinajstić information content (AvgIpc) is 3.54. The third kappa shape index (κ3) is 8.83. The number of hydrazine groups is 1. The lowest BCUT2D eigenvalue weighted by atomic mass is 9.85. The molecular weight excluding hydrogens is 726 g/mol. The van der Waals surface area contributed by atoms with Gasteiger partial charge < -0.3 is 24.1 Å². The molecule has 264 valence electrons. The first-order valence-corrected chi connectivity index (χ1v) is 18.5. The number of aliphatic hydroxyl groups is 1. The van der Waals surface area contributed by atoms with Crippen molar-refractivity contribution in [3.8, 4) is 17.2 Å². The number of carbonyl (C=O) groups excluding carboxylic acids is 1. The van der Waals surface area contributed by atoms with Crippen LogP contribution in [-0.2, 0) is 25.8 Å². The monoisotopic (exact) mass is 765 g/mol. The molecule has 5 rings (SSSR count). The van der Waals surface area contributed by atoms with Crippen LogP contribution in [0.25, 0.3) is 0 Å². The fraction of sp³-hybridized carbons (Fsp3) is 0.297. The molecule has 0 spiro atoms. The largest absolute Gasteiger partial charge is 0.497 e. The molecule has 0 unspecified atom stereocenters. The topological polar surface area (TPSA) is 145 Å². The van der Waals surface area contributed by atoms with E-state index in [9.17, 15) is 13.2 Å². The number of halogens is 1. The van der Waals surface area contributed by atoms with Gasteiger partial charge in [-0.3, -0.25) is 10.2 Å². The van der Waals surface area contributed by atoms with Gasteiger partial charge in [-0.15, -0.1) is 0 Å². The van der Waals surface area contributed by atoms with Crippen LogP contribution < -0.4 is 25.1 Å². The molecule has 0 bridgehead atoms. The Balaban J connectivity index is 1.47. The number of hydrogen-bond acceptors (Lipinski definition) is 10. The number of sulfone groups is 1. The Morgan fingerprint density at radius 1 is 0.960 bits per heavy atom. The van der Waals surface area contributed by atoms with Gasteiger partial charge in [0.1, 0.15) is 17.2 Å². The second-order valence-corrected chi connectivity index (χ2v) is 14.6. The van der Waals surface area contributed by atoms with Crippen LogP contribution >= 0.6 is 15.9 Å². The van der Waals surface area contributed by atoms with Crippen molar-refractivity contribution < 1.29 is 37.3 Å². The molecule has 0 aliphatic carbocycles. The highest BCUT2D eigenvalue weighted by Gasteiger charge is 2.53. The minimum Gasteiger partial charge on any atom is -0.497 e. The summed E-state index contributed by atoms with van der Waals surface area (Å²) in [5.41, 5.74) is 6.24. The molecule has 50 heavy (non-hydrogen) atoms. The molecule has 0 radical (unpaired) electrons. The number of ether oxygens (including phenoxy) is 4. The summed E-state index contributed by atoms with van der Waals surface area (Å²) in [6.45, 7) is 0.704. The van der Waals surface area contributed by atoms with Crippen LogP contribution in [0.4, 0.5) is 0 Å². The van der Waals surface area contributed by atoms with Crippen molar-refractivity contribution in [3.05, 3.63) is 118 Å². The second kappa shape index (κ2) is 17.0. The highest BCUT2D eigenvalue weighted by atomic mass is 79.9. The maximum absolute atomic E-state index is 14.4. The Kier molecular flexibility index (Phi) is 12.5. The van der Waals surface area contributed by atoms with Crippen molar-refractivity contribution in [1.29, 1.82) is 0 Å². The van der Waals surface area contributed by atoms with Crippen LogP contribution in [0.1, 0.15) is 35.6 Å². The van der Waals surface area contributed by atoms with Gasteiger partial charge in [-0.05, 0) is 84.3 Å². The molecule has 0 saturated heterocycles. The third-order valence-electron chi connectivity index (χ3n) is 8.27. The number of hydrogen-bond donors (Lipinski definition) is 3. The first-order valence-electron chi connectivity index (χ1n) is 16.1. The molecule has 13 heteroatoms.